The summed E-state index contributed by atoms with van der Waals surface area (Å²) >= 11 is 0. The molecule has 1 aliphatic rings. The van der Waals surface area contributed by atoms with Crippen molar-refractivity contribution in [3.8, 4) is 17.1 Å². The Labute approximate surface area is 126 Å². The molecule has 1 aromatic carbocycles. The third-order valence-corrected chi connectivity index (χ3v) is 3.56. The van der Waals surface area contributed by atoms with Crippen LogP contribution in [0.25, 0.3) is 17.0 Å². The van der Waals surface area contributed by atoms with Crippen molar-refractivity contribution in [1.82, 2.24) is 24.8 Å². The molecule has 22 heavy (non-hydrogen) atoms. The summed E-state index contributed by atoms with van der Waals surface area (Å²) in [4.78, 5) is 6.75. The summed E-state index contributed by atoms with van der Waals surface area (Å²) < 4.78 is 6.99. The first-order valence-electron chi connectivity index (χ1n) is 7.01. The van der Waals surface area contributed by atoms with Crippen LogP contribution in [0.3, 0.4) is 0 Å². The predicted molar refractivity (Wildman–Crippen MR) is 78.7 cm³/mol. The quantitative estimate of drug-likeness (QED) is 0.746. The zero-order valence-corrected chi connectivity index (χ0v) is 11.8. The van der Waals surface area contributed by atoms with Gasteiger partial charge in [0.1, 0.15) is 12.1 Å². The van der Waals surface area contributed by atoms with Gasteiger partial charge in [-0.25, -0.2) is 4.98 Å². The number of aromatic hydroxyl groups is 1. The normalized spacial score (nSPS) is 15.4. The molecule has 3 heterocycles. The molecule has 4 rings (SSSR count). The lowest BCUT2D eigenvalue weighted by Crippen LogP contribution is -2.37. The first-order valence-corrected chi connectivity index (χ1v) is 7.01. The second kappa shape index (κ2) is 5.23. The van der Waals surface area contributed by atoms with E-state index in [1.807, 2.05) is 6.07 Å². The van der Waals surface area contributed by atoms with Gasteiger partial charge in [0.2, 0.25) is 5.65 Å². The number of ether oxygens (including phenoxy) is 1. The number of morpholine rings is 1. The molecular weight excluding hydrogens is 284 g/mol. The molecule has 112 valence electrons. The number of nitrogens with zero attached hydrogens (tertiary/aromatic N) is 6. The lowest BCUT2D eigenvalue weighted by molar-refractivity contribution is 0.122. The molecule has 3 aromatic rings. The highest BCUT2D eigenvalue weighted by Crippen LogP contribution is 2.24. The second-order valence-corrected chi connectivity index (χ2v) is 5.01. The van der Waals surface area contributed by atoms with Crippen molar-refractivity contribution in [3.63, 3.8) is 0 Å². The maximum Gasteiger partial charge on any atom is 0.220 e. The third kappa shape index (κ3) is 2.23. The first kappa shape index (κ1) is 13.0. The number of rotatable bonds is 2. The highest BCUT2D eigenvalue weighted by Gasteiger charge is 2.19. The van der Waals surface area contributed by atoms with Crippen LogP contribution in [-0.4, -0.2) is 56.2 Å². The first-order chi connectivity index (χ1) is 10.8. The zero-order chi connectivity index (χ0) is 14.9. The van der Waals surface area contributed by atoms with E-state index in [-0.39, 0.29) is 5.75 Å². The SMILES string of the molecule is Oc1cccc(-c2nc(N3CCOCC3)c3nncn3n2)c1. The van der Waals surface area contributed by atoms with Crippen LogP contribution in [0.1, 0.15) is 0 Å². The smallest absolute Gasteiger partial charge is 0.220 e. The van der Waals surface area contributed by atoms with Crippen molar-refractivity contribution in [2.45, 2.75) is 0 Å². The number of benzene rings is 1. The van der Waals surface area contributed by atoms with Crippen LogP contribution in [0, 0.1) is 0 Å². The number of fused-ring (bicyclic) bond motifs is 1. The molecule has 1 aliphatic heterocycles. The fourth-order valence-corrected chi connectivity index (χ4v) is 2.48. The Morgan fingerprint density at radius 2 is 2.05 bits per heavy atom. The van der Waals surface area contributed by atoms with E-state index in [2.05, 4.69) is 25.2 Å². The van der Waals surface area contributed by atoms with Gasteiger partial charge in [-0.2, -0.15) is 4.52 Å². The van der Waals surface area contributed by atoms with Gasteiger partial charge in [0.25, 0.3) is 0 Å². The summed E-state index contributed by atoms with van der Waals surface area (Å²) in [5, 5.41) is 22.1. The number of phenolic OH excluding ortho intramolecular Hbond substituents is 1. The minimum absolute atomic E-state index is 0.179. The number of phenols is 1. The topological polar surface area (TPSA) is 88.7 Å². The molecular formula is C14H14N6O2. The summed E-state index contributed by atoms with van der Waals surface area (Å²) in [6.07, 6.45) is 1.55. The monoisotopic (exact) mass is 298 g/mol. The van der Waals surface area contributed by atoms with Gasteiger partial charge >= 0.3 is 0 Å². The molecule has 8 nitrogen and oxygen atoms in total. The summed E-state index contributed by atoms with van der Waals surface area (Å²) in [5.74, 6) is 1.43. The van der Waals surface area contributed by atoms with Gasteiger partial charge in [0, 0.05) is 18.7 Å². The van der Waals surface area contributed by atoms with Crippen molar-refractivity contribution < 1.29 is 9.84 Å². The summed E-state index contributed by atoms with van der Waals surface area (Å²) in [6, 6.07) is 6.87. The highest BCUT2D eigenvalue weighted by molar-refractivity contribution is 5.67. The van der Waals surface area contributed by atoms with Crippen LogP contribution in [0.2, 0.25) is 0 Å². The molecule has 1 fully saturated rings. The molecule has 0 radical (unpaired) electrons. The van der Waals surface area contributed by atoms with Gasteiger partial charge in [0.15, 0.2) is 11.6 Å². The van der Waals surface area contributed by atoms with E-state index in [9.17, 15) is 5.11 Å². The van der Waals surface area contributed by atoms with E-state index in [1.54, 1.807) is 29.0 Å². The van der Waals surface area contributed by atoms with Gasteiger partial charge in [-0.05, 0) is 12.1 Å². The minimum Gasteiger partial charge on any atom is -0.508 e. The maximum atomic E-state index is 9.65. The summed E-state index contributed by atoms with van der Waals surface area (Å²) in [7, 11) is 0. The van der Waals surface area contributed by atoms with Crippen molar-refractivity contribution in [2.75, 3.05) is 31.2 Å². The van der Waals surface area contributed by atoms with Gasteiger partial charge in [-0.1, -0.05) is 12.1 Å². The standard InChI is InChI=1S/C14H14N6O2/c21-11-3-1-2-10(8-11)12-16-13(19-4-6-22-7-5-19)14-17-15-9-20(14)18-12/h1-3,8-9,21H,4-7H2. The Kier molecular flexibility index (Phi) is 3.08. The average molecular weight is 298 g/mol. The molecule has 0 bridgehead atoms. The molecule has 0 saturated carbocycles. The lowest BCUT2D eigenvalue weighted by Gasteiger charge is -2.27. The van der Waals surface area contributed by atoms with E-state index in [0.717, 1.165) is 24.5 Å². The molecule has 0 unspecified atom stereocenters. The molecule has 0 aliphatic carbocycles. The van der Waals surface area contributed by atoms with Crippen LogP contribution in [-0.2, 0) is 4.74 Å². The molecule has 0 spiro atoms. The van der Waals surface area contributed by atoms with Crippen LogP contribution in [0.5, 0.6) is 5.75 Å². The second-order valence-electron chi connectivity index (χ2n) is 5.01. The fourth-order valence-electron chi connectivity index (χ4n) is 2.48. The predicted octanol–water partition coefficient (Wildman–Crippen LogP) is 0.728. The Hall–Kier alpha value is -2.74. The Bertz CT molecular complexity index is 812. The molecule has 2 aromatic heterocycles. The number of aromatic nitrogens is 5. The average Bonchev–Trinajstić information content (AvgIpc) is 3.03. The highest BCUT2D eigenvalue weighted by atomic mass is 16.5. The Morgan fingerprint density at radius 1 is 1.18 bits per heavy atom. The summed E-state index contributed by atoms with van der Waals surface area (Å²) in [5.41, 5.74) is 1.36. The fraction of sp³-hybridized carbons (Fsp3) is 0.286. The van der Waals surface area contributed by atoms with Gasteiger partial charge < -0.3 is 14.7 Å². The number of hydrogen-bond donors (Lipinski definition) is 1. The van der Waals surface area contributed by atoms with Gasteiger partial charge in [-0.15, -0.1) is 15.3 Å². The largest absolute Gasteiger partial charge is 0.508 e. The van der Waals surface area contributed by atoms with E-state index in [0.29, 0.717) is 24.7 Å². The molecule has 0 amide bonds. The van der Waals surface area contributed by atoms with Crippen molar-refractivity contribution >= 4 is 11.5 Å². The van der Waals surface area contributed by atoms with Gasteiger partial charge in [0.05, 0.1) is 13.2 Å². The minimum atomic E-state index is 0.179. The molecule has 1 N–H and O–H groups in total. The number of hydrogen-bond acceptors (Lipinski definition) is 7. The molecule has 1 saturated heterocycles. The molecule has 0 atom stereocenters. The van der Waals surface area contributed by atoms with Crippen LogP contribution < -0.4 is 4.90 Å². The van der Waals surface area contributed by atoms with Crippen LogP contribution >= 0.6 is 0 Å². The van der Waals surface area contributed by atoms with Crippen LogP contribution in [0.15, 0.2) is 30.6 Å². The number of anilines is 1. The van der Waals surface area contributed by atoms with Crippen LogP contribution in [0.4, 0.5) is 5.82 Å². The maximum absolute atomic E-state index is 9.65. The van der Waals surface area contributed by atoms with Gasteiger partial charge in [-0.3, -0.25) is 0 Å². The van der Waals surface area contributed by atoms with E-state index in [4.69, 9.17) is 4.74 Å². The Morgan fingerprint density at radius 3 is 2.86 bits per heavy atom. The van der Waals surface area contributed by atoms with Crippen molar-refractivity contribution in [1.29, 1.82) is 0 Å². The molecule has 8 heteroatoms. The zero-order valence-electron chi connectivity index (χ0n) is 11.8. The van der Waals surface area contributed by atoms with E-state index in [1.165, 1.54) is 0 Å². The lowest BCUT2D eigenvalue weighted by atomic mass is 10.2. The van der Waals surface area contributed by atoms with Crippen molar-refractivity contribution in [3.05, 3.63) is 30.6 Å². The van der Waals surface area contributed by atoms with E-state index >= 15 is 0 Å². The summed E-state index contributed by atoms with van der Waals surface area (Å²) in [6.45, 7) is 2.82. The third-order valence-electron chi connectivity index (χ3n) is 3.56. The van der Waals surface area contributed by atoms with Crippen molar-refractivity contribution in [2.24, 2.45) is 0 Å². The Balaban J connectivity index is 1.86. The van der Waals surface area contributed by atoms with E-state index < -0.39 is 0 Å².